The molecule has 2 saturated heterocycles. The quantitative estimate of drug-likeness (QED) is 0.720. The molecular weight excluding hydrogens is 263 g/mol. The molecule has 2 heterocycles. The molecule has 8 heteroatoms. The second-order valence-electron chi connectivity index (χ2n) is 4.64. The van der Waals surface area contributed by atoms with Crippen LogP contribution >= 0.6 is 0 Å². The van der Waals surface area contributed by atoms with Crippen molar-refractivity contribution >= 4 is 5.91 Å². The molecule has 2 unspecified atom stereocenters. The number of rotatable bonds is 1. The zero-order valence-corrected chi connectivity index (χ0v) is 10.1. The van der Waals surface area contributed by atoms with E-state index in [2.05, 4.69) is 10.2 Å². The van der Waals surface area contributed by atoms with Crippen molar-refractivity contribution in [2.75, 3.05) is 19.6 Å². The van der Waals surface area contributed by atoms with Gasteiger partial charge in [-0.05, 0) is 0 Å². The first-order valence-electron chi connectivity index (χ1n) is 6.02. The maximum atomic E-state index is 12.4. The van der Waals surface area contributed by atoms with Gasteiger partial charge in [0.05, 0.1) is 0 Å². The summed E-state index contributed by atoms with van der Waals surface area (Å²) in [6.45, 7) is 7.57. The summed E-state index contributed by atoms with van der Waals surface area (Å²) in [5, 5.41) is 2.14. The van der Waals surface area contributed by atoms with Crippen LogP contribution in [0.3, 0.4) is 0 Å². The molecule has 0 aromatic rings. The van der Waals surface area contributed by atoms with Gasteiger partial charge < -0.3 is 14.5 Å². The Morgan fingerprint density at radius 3 is 2.47 bits per heavy atom. The lowest BCUT2D eigenvalue weighted by Crippen LogP contribution is -2.45. The van der Waals surface area contributed by atoms with Crippen LogP contribution in [0.4, 0.5) is 13.2 Å². The summed E-state index contributed by atoms with van der Waals surface area (Å²) < 4.78 is 41.9. The second-order valence-corrected chi connectivity index (χ2v) is 4.64. The Labute approximate surface area is 108 Å². The minimum atomic E-state index is -4.51. The van der Waals surface area contributed by atoms with Crippen LogP contribution in [0.2, 0.25) is 0 Å². The van der Waals surface area contributed by atoms with Crippen molar-refractivity contribution in [3.05, 3.63) is 11.4 Å². The van der Waals surface area contributed by atoms with E-state index in [9.17, 15) is 18.0 Å². The van der Waals surface area contributed by atoms with Gasteiger partial charge in [0.1, 0.15) is 0 Å². The molecule has 2 aliphatic rings. The van der Waals surface area contributed by atoms with E-state index in [0.717, 1.165) is 0 Å². The maximum absolute atomic E-state index is 12.4. The Kier molecular flexibility index (Phi) is 3.96. The van der Waals surface area contributed by atoms with E-state index in [4.69, 9.17) is 11.3 Å². The fourth-order valence-electron chi connectivity index (χ4n) is 2.23. The Hall–Kier alpha value is -1.33. The Balaban J connectivity index is 1.87. The number of nitrogens with zero attached hydrogens (tertiary/aromatic N) is 2. The zero-order valence-electron chi connectivity index (χ0n) is 10.1. The molecule has 2 fully saturated rings. The topological polar surface area (TPSA) is 45.9 Å². The number of amides is 1. The molecule has 2 rings (SSSR count). The predicted molar refractivity (Wildman–Crippen MR) is 58.9 cm³/mol. The highest BCUT2D eigenvalue weighted by atomic mass is 19.4. The minimum absolute atomic E-state index is 0.0883. The van der Waals surface area contributed by atoms with Crippen LogP contribution in [-0.2, 0) is 9.53 Å². The van der Waals surface area contributed by atoms with E-state index < -0.39 is 24.4 Å². The van der Waals surface area contributed by atoms with Gasteiger partial charge in [0, 0.05) is 32.5 Å². The van der Waals surface area contributed by atoms with Crippen LogP contribution in [0.1, 0.15) is 12.8 Å². The Morgan fingerprint density at radius 2 is 2.00 bits per heavy atom. The van der Waals surface area contributed by atoms with Gasteiger partial charge >= 0.3 is 6.18 Å². The number of ether oxygens (including phenoxy) is 1. The van der Waals surface area contributed by atoms with E-state index in [1.165, 1.54) is 4.90 Å². The Morgan fingerprint density at radius 1 is 1.37 bits per heavy atom. The number of halogens is 3. The largest absolute Gasteiger partial charge is 0.428 e. The Bertz CT molecular complexity index is 386. The normalized spacial score (nSPS) is 29.3. The zero-order chi connectivity index (χ0) is 14.0. The predicted octanol–water partition coefficient (Wildman–Crippen LogP) is 0.773. The molecule has 0 aliphatic carbocycles. The molecule has 5 nitrogen and oxygen atoms in total. The van der Waals surface area contributed by atoms with Gasteiger partial charge in [-0.3, -0.25) is 10.1 Å². The highest BCUT2D eigenvalue weighted by Gasteiger charge is 2.48. The van der Waals surface area contributed by atoms with Crippen LogP contribution in [0, 0.1) is 6.57 Å². The molecule has 2 atom stereocenters. The van der Waals surface area contributed by atoms with Crippen molar-refractivity contribution < 1.29 is 22.7 Å². The number of likely N-dealkylation sites (tertiary alicyclic amines) is 1. The third-order valence-electron chi connectivity index (χ3n) is 3.32. The van der Waals surface area contributed by atoms with Crippen LogP contribution in [-0.4, -0.2) is 55.0 Å². The summed E-state index contributed by atoms with van der Waals surface area (Å²) in [5.41, 5.74) is 0. The smallest absolute Gasteiger partial charge is 0.340 e. The fourth-order valence-corrected chi connectivity index (χ4v) is 2.23. The lowest BCUT2D eigenvalue weighted by atomic mass is 10.1. The molecule has 0 radical (unpaired) electrons. The van der Waals surface area contributed by atoms with Gasteiger partial charge in [0.25, 0.3) is 5.91 Å². The molecule has 0 aromatic heterocycles. The standard InChI is InChI=1S/C11H14F3N3O2/c1-15-7-2-4-17(5-3-7)9(18)8-6-16-10(19-8)11(12,13)14/h7-8,10,16H,2-6H2. The third-order valence-corrected chi connectivity index (χ3v) is 3.32. The third kappa shape index (κ3) is 3.16. The summed E-state index contributed by atoms with van der Waals surface area (Å²) in [4.78, 5) is 16.9. The first-order valence-corrected chi connectivity index (χ1v) is 6.02. The highest BCUT2D eigenvalue weighted by molar-refractivity contribution is 5.81. The number of carbonyl (C=O) groups excluding carboxylic acids is 1. The summed E-state index contributed by atoms with van der Waals surface area (Å²) in [5.74, 6) is -0.428. The van der Waals surface area contributed by atoms with Gasteiger partial charge in [-0.15, -0.1) is 0 Å². The average molecular weight is 277 g/mol. The fraction of sp³-hybridized carbons (Fsp3) is 0.818. The van der Waals surface area contributed by atoms with E-state index in [1.54, 1.807) is 0 Å². The van der Waals surface area contributed by atoms with Gasteiger partial charge in [-0.2, -0.15) is 13.2 Å². The van der Waals surface area contributed by atoms with Crippen molar-refractivity contribution in [2.24, 2.45) is 0 Å². The van der Waals surface area contributed by atoms with Crippen LogP contribution in [0.25, 0.3) is 4.85 Å². The number of carbonyl (C=O) groups is 1. The molecule has 2 aliphatic heterocycles. The second kappa shape index (κ2) is 5.35. The number of hydrogen-bond donors (Lipinski definition) is 1. The van der Waals surface area contributed by atoms with E-state index in [1.807, 2.05) is 0 Å². The molecule has 1 amide bonds. The first-order chi connectivity index (χ1) is 8.91. The number of alkyl halides is 3. The molecule has 0 saturated carbocycles. The van der Waals surface area contributed by atoms with Gasteiger partial charge in [-0.25, -0.2) is 6.57 Å². The van der Waals surface area contributed by atoms with Gasteiger partial charge in [0.2, 0.25) is 12.3 Å². The minimum Gasteiger partial charge on any atom is -0.340 e. The maximum Gasteiger partial charge on any atom is 0.428 e. The van der Waals surface area contributed by atoms with E-state index in [-0.39, 0.29) is 12.6 Å². The first kappa shape index (κ1) is 14.1. The van der Waals surface area contributed by atoms with E-state index in [0.29, 0.717) is 25.9 Å². The van der Waals surface area contributed by atoms with Gasteiger partial charge in [-0.1, -0.05) is 0 Å². The van der Waals surface area contributed by atoms with Crippen molar-refractivity contribution in [3.63, 3.8) is 0 Å². The summed E-state index contributed by atoms with van der Waals surface area (Å²) in [6, 6.07) is -0.0883. The van der Waals surface area contributed by atoms with Crippen molar-refractivity contribution in [1.82, 2.24) is 10.2 Å². The van der Waals surface area contributed by atoms with Gasteiger partial charge in [0.15, 0.2) is 6.10 Å². The lowest BCUT2D eigenvalue weighted by molar-refractivity contribution is -0.221. The molecule has 0 bridgehead atoms. The molecule has 106 valence electrons. The van der Waals surface area contributed by atoms with Crippen molar-refractivity contribution in [3.8, 4) is 0 Å². The number of piperidine rings is 1. The molecule has 19 heavy (non-hydrogen) atoms. The molecular formula is C11H14F3N3O2. The molecule has 1 N–H and O–H groups in total. The number of hydrogen-bond acceptors (Lipinski definition) is 3. The summed E-state index contributed by atoms with van der Waals surface area (Å²) in [6.07, 6.45) is -6.53. The van der Waals surface area contributed by atoms with Crippen molar-refractivity contribution in [1.29, 1.82) is 0 Å². The molecule has 0 spiro atoms. The van der Waals surface area contributed by atoms with Crippen LogP contribution < -0.4 is 5.32 Å². The monoisotopic (exact) mass is 277 g/mol. The van der Waals surface area contributed by atoms with Crippen molar-refractivity contribution in [2.45, 2.75) is 37.4 Å². The van der Waals surface area contributed by atoms with Crippen LogP contribution in [0.5, 0.6) is 0 Å². The van der Waals surface area contributed by atoms with E-state index >= 15 is 0 Å². The van der Waals surface area contributed by atoms with Crippen LogP contribution in [0.15, 0.2) is 0 Å². The average Bonchev–Trinajstić information content (AvgIpc) is 2.87. The summed E-state index contributed by atoms with van der Waals surface area (Å²) >= 11 is 0. The highest BCUT2D eigenvalue weighted by Crippen LogP contribution is 2.26. The number of nitrogens with one attached hydrogen (secondary N) is 1. The molecule has 0 aromatic carbocycles. The lowest BCUT2D eigenvalue weighted by Gasteiger charge is -2.29. The SMILES string of the molecule is [C-]#[N+]C1CCN(C(=O)C2CNC(C(F)(F)F)O2)CC1. The summed E-state index contributed by atoms with van der Waals surface area (Å²) in [7, 11) is 0.